The summed E-state index contributed by atoms with van der Waals surface area (Å²) in [5, 5.41) is 0. The lowest BCUT2D eigenvalue weighted by atomic mass is 10.1. The summed E-state index contributed by atoms with van der Waals surface area (Å²) >= 11 is 3.02. The van der Waals surface area contributed by atoms with Crippen LogP contribution in [0.15, 0.2) is 51.8 Å². The maximum atomic E-state index is 12.6. The van der Waals surface area contributed by atoms with Crippen molar-refractivity contribution in [1.82, 2.24) is 4.72 Å². The molecule has 2 aromatic rings. The molecule has 0 atom stereocenters. The standard InChI is InChI=1S/C16H13BrF3NO3S/c17-12-5-6-15(14(9-12)24-16(18,19)20)25(22,23)21-13-7-10-3-1-2-4-11(10)8-13/h1-6,9,13,21H,7-8H2. The van der Waals surface area contributed by atoms with E-state index < -0.39 is 33.1 Å². The number of sulfonamides is 1. The van der Waals surface area contributed by atoms with Crippen LogP contribution in [0.25, 0.3) is 0 Å². The molecule has 0 saturated carbocycles. The molecule has 134 valence electrons. The predicted molar refractivity (Wildman–Crippen MR) is 88.8 cm³/mol. The van der Waals surface area contributed by atoms with Crippen molar-refractivity contribution in [3.63, 3.8) is 0 Å². The van der Waals surface area contributed by atoms with Crippen LogP contribution in [-0.2, 0) is 22.9 Å². The van der Waals surface area contributed by atoms with E-state index in [1.165, 1.54) is 6.07 Å². The number of ether oxygens (including phenoxy) is 1. The van der Waals surface area contributed by atoms with Crippen LogP contribution in [-0.4, -0.2) is 20.8 Å². The van der Waals surface area contributed by atoms with Gasteiger partial charge in [0.1, 0.15) is 4.90 Å². The lowest BCUT2D eigenvalue weighted by molar-refractivity contribution is -0.275. The molecular formula is C16H13BrF3NO3S. The molecule has 0 saturated heterocycles. The van der Waals surface area contributed by atoms with E-state index in [0.29, 0.717) is 12.8 Å². The summed E-state index contributed by atoms with van der Waals surface area (Å²) in [5.41, 5.74) is 2.05. The Morgan fingerprint density at radius 1 is 1.08 bits per heavy atom. The number of halogens is 4. The summed E-state index contributed by atoms with van der Waals surface area (Å²) in [7, 11) is -4.18. The van der Waals surface area contributed by atoms with Gasteiger partial charge in [-0.2, -0.15) is 0 Å². The van der Waals surface area contributed by atoms with E-state index in [1.54, 1.807) is 0 Å². The highest BCUT2D eigenvalue weighted by Gasteiger charge is 2.35. The first-order valence-electron chi connectivity index (χ1n) is 7.28. The van der Waals surface area contributed by atoms with Gasteiger partial charge in [-0.3, -0.25) is 0 Å². The van der Waals surface area contributed by atoms with E-state index in [1.807, 2.05) is 24.3 Å². The molecule has 3 rings (SSSR count). The molecule has 1 aliphatic carbocycles. The van der Waals surface area contributed by atoms with Crippen molar-refractivity contribution in [3.05, 3.63) is 58.1 Å². The lowest BCUT2D eigenvalue weighted by Crippen LogP contribution is -2.35. The largest absolute Gasteiger partial charge is 0.573 e. The van der Waals surface area contributed by atoms with Gasteiger partial charge in [0.2, 0.25) is 10.0 Å². The van der Waals surface area contributed by atoms with Crippen LogP contribution >= 0.6 is 15.9 Å². The third-order valence-corrected chi connectivity index (χ3v) is 5.85. The fourth-order valence-corrected chi connectivity index (χ4v) is 4.52. The van der Waals surface area contributed by atoms with Gasteiger partial charge in [-0.25, -0.2) is 13.1 Å². The molecule has 0 unspecified atom stereocenters. The van der Waals surface area contributed by atoms with Crippen LogP contribution in [0.2, 0.25) is 0 Å². The first-order chi connectivity index (χ1) is 11.6. The molecule has 25 heavy (non-hydrogen) atoms. The highest BCUT2D eigenvalue weighted by atomic mass is 79.9. The minimum Gasteiger partial charge on any atom is -0.404 e. The molecule has 0 aliphatic heterocycles. The van der Waals surface area contributed by atoms with E-state index >= 15 is 0 Å². The number of rotatable bonds is 4. The van der Waals surface area contributed by atoms with Crippen LogP contribution in [0.5, 0.6) is 5.75 Å². The Morgan fingerprint density at radius 3 is 2.24 bits per heavy atom. The van der Waals surface area contributed by atoms with Gasteiger partial charge >= 0.3 is 6.36 Å². The fraction of sp³-hybridized carbons (Fsp3) is 0.250. The molecule has 0 spiro atoms. The molecule has 0 fully saturated rings. The Labute approximate surface area is 151 Å². The molecule has 0 amide bonds. The second-order valence-electron chi connectivity index (χ2n) is 5.63. The average Bonchev–Trinajstić information content (AvgIpc) is 2.86. The Bertz CT molecular complexity index is 875. The Morgan fingerprint density at radius 2 is 1.68 bits per heavy atom. The first-order valence-corrected chi connectivity index (χ1v) is 9.56. The summed E-state index contributed by atoms with van der Waals surface area (Å²) in [6, 6.07) is 10.5. The van der Waals surface area contributed by atoms with Crippen LogP contribution in [0.4, 0.5) is 13.2 Å². The minimum absolute atomic E-state index is 0.277. The molecule has 0 bridgehead atoms. The van der Waals surface area contributed by atoms with E-state index in [0.717, 1.165) is 23.3 Å². The van der Waals surface area contributed by atoms with Crippen molar-refractivity contribution < 1.29 is 26.3 Å². The summed E-state index contributed by atoms with van der Waals surface area (Å²) < 4.78 is 69.5. The molecule has 1 aliphatic rings. The van der Waals surface area contributed by atoms with Gasteiger partial charge in [0.05, 0.1) is 0 Å². The van der Waals surface area contributed by atoms with Crippen molar-refractivity contribution in [2.24, 2.45) is 0 Å². The van der Waals surface area contributed by atoms with Gasteiger partial charge in [0.25, 0.3) is 0 Å². The number of benzene rings is 2. The Hall–Kier alpha value is -1.58. The van der Waals surface area contributed by atoms with Gasteiger partial charge in [-0.15, -0.1) is 13.2 Å². The van der Waals surface area contributed by atoms with Crippen LogP contribution in [0.3, 0.4) is 0 Å². The average molecular weight is 436 g/mol. The molecule has 4 nitrogen and oxygen atoms in total. The monoisotopic (exact) mass is 435 g/mol. The third kappa shape index (κ3) is 4.34. The van der Waals surface area contributed by atoms with Crippen molar-refractivity contribution in [3.8, 4) is 5.75 Å². The van der Waals surface area contributed by atoms with Gasteiger partial charge in [-0.05, 0) is 42.2 Å². The van der Waals surface area contributed by atoms with Crippen molar-refractivity contribution in [2.75, 3.05) is 0 Å². The number of hydrogen-bond acceptors (Lipinski definition) is 3. The minimum atomic E-state index is -4.99. The summed E-state index contributed by atoms with van der Waals surface area (Å²) in [5.74, 6) is -0.773. The number of nitrogens with one attached hydrogen (secondary N) is 1. The summed E-state index contributed by atoms with van der Waals surface area (Å²) in [6.45, 7) is 0. The van der Waals surface area contributed by atoms with Crippen LogP contribution in [0, 0.1) is 0 Å². The van der Waals surface area contributed by atoms with E-state index in [4.69, 9.17) is 0 Å². The SMILES string of the molecule is O=S(=O)(NC1Cc2ccccc2C1)c1ccc(Br)cc1OC(F)(F)F. The van der Waals surface area contributed by atoms with Crippen molar-refractivity contribution in [2.45, 2.75) is 30.1 Å². The fourth-order valence-electron chi connectivity index (χ4n) is 2.83. The highest BCUT2D eigenvalue weighted by Crippen LogP contribution is 2.33. The van der Waals surface area contributed by atoms with E-state index in [-0.39, 0.29) is 4.47 Å². The second-order valence-corrected chi connectivity index (χ2v) is 8.23. The Balaban J connectivity index is 1.86. The highest BCUT2D eigenvalue weighted by molar-refractivity contribution is 9.10. The zero-order chi connectivity index (χ0) is 18.2. The van der Waals surface area contributed by atoms with Gasteiger partial charge < -0.3 is 4.74 Å². The van der Waals surface area contributed by atoms with Crippen LogP contribution in [0.1, 0.15) is 11.1 Å². The maximum Gasteiger partial charge on any atom is 0.573 e. The molecule has 0 aromatic heterocycles. The molecule has 2 aromatic carbocycles. The smallest absolute Gasteiger partial charge is 0.404 e. The number of hydrogen-bond donors (Lipinski definition) is 1. The zero-order valence-corrected chi connectivity index (χ0v) is 15.1. The molecular weight excluding hydrogens is 423 g/mol. The second kappa shape index (κ2) is 6.62. The zero-order valence-electron chi connectivity index (χ0n) is 12.7. The van der Waals surface area contributed by atoms with Crippen LogP contribution < -0.4 is 9.46 Å². The topological polar surface area (TPSA) is 55.4 Å². The molecule has 0 radical (unpaired) electrons. The van der Waals surface area contributed by atoms with Gasteiger partial charge in [-0.1, -0.05) is 40.2 Å². The van der Waals surface area contributed by atoms with E-state index in [2.05, 4.69) is 25.4 Å². The van der Waals surface area contributed by atoms with Gasteiger partial charge in [0.15, 0.2) is 5.75 Å². The number of alkyl halides is 3. The third-order valence-electron chi connectivity index (χ3n) is 3.79. The van der Waals surface area contributed by atoms with Gasteiger partial charge in [0, 0.05) is 10.5 Å². The normalized spacial score (nSPS) is 15.2. The first kappa shape index (κ1) is 18.2. The summed E-state index contributed by atoms with van der Waals surface area (Å²) in [6.07, 6.45) is -4.02. The Kier molecular flexibility index (Phi) is 4.82. The summed E-state index contributed by atoms with van der Waals surface area (Å²) in [4.78, 5) is -0.552. The molecule has 9 heteroatoms. The molecule has 0 heterocycles. The molecule has 1 N–H and O–H groups in total. The lowest BCUT2D eigenvalue weighted by Gasteiger charge is -2.17. The predicted octanol–water partition coefficient (Wildman–Crippen LogP) is 3.79. The van der Waals surface area contributed by atoms with Crippen molar-refractivity contribution >= 4 is 26.0 Å². The number of fused-ring (bicyclic) bond motifs is 1. The van der Waals surface area contributed by atoms with E-state index in [9.17, 15) is 21.6 Å². The maximum absolute atomic E-state index is 12.6. The quantitative estimate of drug-likeness (QED) is 0.794. The van der Waals surface area contributed by atoms with Crippen molar-refractivity contribution in [1.29, 1.82) is 0 Å².